The highest BCUT2D eigenvalue weighted by Gasteiger charge is 2.06. The van der Waals surface area contributed by atoms with E-state index in [2.05, 4.69) is 0 Å². The van der Waals surface area contributed by atoms with Crippen LogP contribution in [-0.2, 0) is 0 Å². The highest BCUT2D eigenvalue weighted by atomic mass is 19.1. The number of nitrogens with zero attached hydrogens (tertiary/aromatic N) is 1. The van der Waals surface area contributed by atoms with Crippen LogP contribution in [-0.4, -0.2) is 0 Å². The van der Waals surface area contributed by atoms with Gasteiger partial charge in [-0.15, -0.1) is 0 Å². The summed E-state index contributed by atoms with van der Waals surface area (Å²) in [5, 5.41) is 8.45. The van der Waals surface area contributed by atoms with Gasteiger partial charge in [-0.2, -0.15) is 5.26 Å². The second-order valence-corrected chi connectivity index (χ2v) is 2.26. The molecule has 0 unspecified atom stereocenters. The van der Waals surface area contributed by atoms with E-state index in [0.29, 0.717) is 0 Å². The van der Waals surface area contributed by atoms with Crippen molar-refractivity contribution < 1.29 is 4.39 Å². The van der Waals surface area contributed by atoms with Gasteiger partial charge >= 0.3 is 0 Å². The molecular weight excluding hydrogens is 143 g/mol. The second-order valence-electron chi connectivity index (χ2n) is 2.26. The minimum Gasteiger partial charge on any atom is -0.397 e. The van der Waals surface area contributed by atoms with Gasteiger partial charge in [-0.25, -0.2) is 4.39 Å². The van der Waals surface area contributed by atoms with E-state index in [-0.39, 0.29) is 11.3 Å². The van der Waals surface area contributed by atoms with Crippen molar-refractivity contribution in [2.45, 2.75) is 6.92 Å². The predicted molar refractivity (Wildman–Crippen MR) is 40.3 cm³/mol. The quantitative estimate of drug-likeness (QED) is 0.571. The van der Waals surface area contributed by atoms with Crippen LogP contribution in [0.15, 0.2) is 12.1 Å². The van der Waals surface area contributed by atoms with Crippen LogP contribution in [0.1, 0.15) is 11.1 Å². The molecule has 0 fully saturated rings. The van der Waals surface area contributed by atoms with E-state index >= 15 is 0 Å². The van der Waals surface area contributed by atoms with Gasteiger partial charge in [0, 0.05) is 0 Å². The number of rotatable bonds is 0. The van der Waals surface area contributed by atoms with E-state index in [1.807, 2.05) is 0 Å². The molecule has 2 N–H and O–H groups in total. The molecule has 2 nitrogen and oxygen atoms in total. The average Bonchev–Trinajstić information content (AvgIpc) is 1.99. The van der Waals surface area contributed by atoms with Crippen LogP contribution >= 0.6 is 0 Å². The van der Waals surface area contributed by atoms with Gasteiger partial charge in [0.25, 0.3) is 0 Å². The molecule has 0 saturated carbocycles. The number of nitrogen functional groups attached to an aromatic ring is 1. The lowest BCUT2D eigenvalue weighted by Crippen LogP contribution is -1.96. The molecule has 0 aliphatic heterocycles. The van der Waals surface area contributed by atoms with Crippen molar-refractivity contribution in [2.24, 2.45) is 0 Å². The smallest absolute Gasteiger partial charge is 0.143 e. The lowest BCUT2D eigenvalue weighted by Gasteiger charge is -2.01. The summed E-state index contributed by atoms with van der Waals surface area (Å²) in [5.41, 5.74) is 6.32. The fourth-order valence-electron chi connectivity index (χ4n) is 0.811. The highest BCUT2D eigenvalue weighted by Crippen LogP contribution is 2.18. The van der Waals surface area contributed by atoms with Crippen LogP contribution in [0.4, 0.5) is 10.1 Å². The number of hydrogen-bond acceptors (Lipinski definition) is 2. The Morgan fingerprint density at radius 3 is 2.64 bits per heavy atom. The molecule has 0 aromatic heterocycles. The van der Waals surface area contributed by atoms with Crippen molar-refractivity contribution in [1.29, 1.82) is 5.26 Å². The van der Waals surface area contributed by atoms with E-state index in [1.165, 1.54) is 6.07 Å². The van der Waals surface area contributed by atoms with Gasteiger partial charge in [-0.3, -0.25) is 0 Å². The first-order valence-electron chi connectivity index (χ1n) is 3.11. The van der Waals surface area contributed by atoms with E-state index in [1.54, 1.807) is 19.1 Å². The molecule has 11 heavy (non-hydrogen) atoms. The van der Waals surface area contributed by atoms with Crippen molar-refractivity contribution in [3.63, 3.8) is 0 Å². The Labute approximate surface area is 64.1 Å². The van der Waals surface area contributed by atoms with Gasteiger partial charge < -0.3 is 5.73 Å². The van der Waals surface area contributed by atoms with Crippen LogP contribution in [0.25, 0.3) is 0 Å². The maximum absolute atomic E-state index is 12.7. The summed E-state index contributed by atoms with van der Waals surface area (Å²) < 4.78 is 12.7. The molecule has 1 aromatic rings. The van der Waals surface area contributed by atoms with Crippen molar-refractivity contribution in [3.05, 3.63) is 29.1 Å². The molecule has 0 heterocycles. The van der Waals surface area contributed by atoms with Crippen LogP contribution in [0.5, 0.6) is 0 Å². The maximum Gasteiger partial charge on any atom is 0.143 e. The maximum atomic E-state index is 12.7. The monoisotopic (exact) mass is 150 g/mol. The number of benzene rings is 1. The zero-order chi connectivity index (χ0) is 8.43. The molecule has 0 amide bonds. The normalized spacial score (nSPS) is 9.18. The lowest BCUT2D eigenvalue weighted by molar-refractivity contribution is 0.624. The van der Waals surface area contributed by atoms with Gasteiger partial charge in [0.05, 0.1) is 5.69 Å². The molecule has 0 saturated heterocycles. The Morgan fingerprint density at radius 2 is 2.18 bits per heavy atom. The summed E-state index contributed by atoms with van der Waals surface area (Å²) in [6.07, 6.45) is 0. The zero-order valence-corrected chi connectivity index (χ0v) is 6.06. The molecule has 0 spiro atoms. The number of nitrogens with two attached hydrogens (primary N) is 1. The second kappa shape index (κ2) is 2.59. The summed E-state index contributed by atoms with van der Waals surface area (Å²) >= 11 is 0. The largest absolute Gasteiger partial charge is 0.397 e. The molecular formula is C8H7FN2. The van der Waals surface area contributed by atoms with Crippen LogP contribution in [0.3, 0.4) is 0 Å². The molecule has 0 atom stereocenters. The summed E-state index contributed by atoms with van der Waals surface area (Å²) in [5.74, 6) is -0.560. The first-order valence-corrected chi connectivity index (χ1v) is 3.11. The third-order valence-corrected chi connectivity index (χ3v) is 1.52. The van der Waals surface area contributed by atoms with Gasteiger partial charge in [-0.05, 0) is 18.6 Å². The zero-order valence-electron chi connectivity index (χ0n) is 6.06. The minimum absolute atomic E-state index is 0.0648. The molecule has 1 rings (SSSR count). The fraction of sp³-hybridized carbons (Fsp3) is 0.125. The first-order chi connectivity index (χ1) is 5.16. The van der Waals surface area contributed by atoms with E-state index in [0.717, 1.165) is 5.56 Å². The standard InChI is InChI=1S/C8H7FN2/c1-5-2-3-7(9)6(4-10)8(5)11/h2-3H,11H2,1H3. The summed E-state index contributed by atoms with van der Waals surface area (Å²) in [7, 11) is 0. The van der Waals surface area contributed by atoms with Crippen LogP contribution < -0.4 is 5.73 Å². The van der Waals surface area contributed by atoms with Crippen LogP contribution in [0, 0.1) is 24.1 Å². The number of hydrogen-bond donors (Lipinski definition) is 1. The molecule has 0 aliphatic carbocycles. The Kier molecular flexibility index (Phi) is 1.77. The van der Waals surface area contributed by atoms with Crippen molar-refractivity contribution >= 4 is 5.69 Å². The lowest BCUT2D eigenvalue weighted by atomic mass is 10.1. The summed E-state index contributed by atoms with van der Waals surface area (Å²) in [6, 6.07) is 4.49. The number of aryl methyl sites for hydroxylation is 1. The van der Waals surface area contributed by atoms with E-state index < -0.39 is 5.82 Å². The van der Waals surface area contributed by atoms with Crippen molar-refractivity contribution in [1.82, 2.24) is 0 Å². The van der Waals surface area contributed by atoms with Crippen molar-refractivity contribution in [3.8, 4) is 6.07 Å². The van der Waals surface area contributed by atoms with Gasteiger partial charge in [0.2, 0.25) is 0 Å². The molecule has 0 radical (unpaired) electrons. The van der Waals surface area contributed by atoms with Gasteiger partial charge in [-0.1, -0.05) is 6.07 Å². The predicted octanol–water partition coefficient (Wildman–Crippen LogP) is 1.59. The van der Waals surface area contributed by atoms with E-state index in [9.17, 15) is 4.39 Å². The Balaban J connectivity index is 3.44. The topological polar surface area (TPSA) is 49.8 Å². The van der Waals surface area contributed by atoms with Gasteiger partial charge in [0.15, 0.2) is 0 Å². The Bertz CT molecular complexity index is 326. The number of anilines is 1. The molecule has 3 heteroatoms. The molecule has 0 aliphatic rings. The SMILES string of the molecule is Cc1ccc(F)c(C#N)c1N. The number of halogens is 1. The number of nitriles is 1. The van der Waals surface area contributed by atoms with Crippen molar-refractivity contribution in [2.75, 3.05) is 5.73 Å². The minimum atomic E-state index is -0.560. The molecule has 56 valence electrons. The average molecular weight is 150 g/mol. The summed E-state index contributed by atoms with van der Waals surface area (Å²) in [6.45, 7) is 1.73. The third kappa shape index (κ3) is 1.15. The third-order valence-electron chi connectivity index (χ3n) is 1.52. The molecule has 0 bridgehead atoms. The van der Waals surface area contributed by atoms with Crippen LogP contribution in [0.2, 0.25) is 0 Å². The first kappa shape index (κ1) is 7.55. The highest BCUT2D eigenvalue weighted by molar-refractivity contribution is 5.59. The van der Waals surface area contributed by atoms with E-state index in [4.69, 9.17) is 11.0 Å². The molecule has 1 aromatic carbocycles. The summed E-state index contributed by atoms with van der Waals surface area (Å²) in [4.78, 5) is 0. The Hall–Kier alpha value is -1.56. The van der Waals surface area contributed by atoms with Gasteiger partial charge in [0.1, 0.15) is 17.4 Å². The Morgan fingerprint density at radius 1 is 1.55 bits per heavy atom. The fourth-order valence-corrected chi connectivity index (χ4v) is 0.811.